The van der Waals surface area contributed by atoms with Crippen LogP contribution in [0.15, 0.2) is 36.7 Å². The number of hydrogen-bond donors (Lipinski definition) is 0. The summed E-state index contributed by atoms with van der Waals surface area (Å²) in [6, 6.07) is 8.10. The molecule has 0 aliphatic heterocycles. The molecule has 2 heteroatoms. The first-order valence-electron chi connectivity index (χ1n) is 7.15. The number of nitrogens with zero attached hydrogens (tertiary/aromatic N) is 1. The molecule has 0 amide bonds. The molecule has 0 N–H and O–H groups in total. The minimum Gasteiger partial charge on any atom is -0.497 e. The van der Waals surface area contributed by atoms with Crippen molar-refractivity contribution in [2.75, 3.05) is 7.11 Å². The van der Waals surface area contributed by atoms with Crippen LogP contribution in [0, 0.1) is 0 Å². The summed E-state index contributed by atoms with van der Waals surface area (Å²) in [5, 5.41) is 0. The maximum absolute atomic E-state index is 5.25. The number of aryl methyl sites for hydroxylation is 1. The van der Waals surface area contributed by atoms with Crippen LogP contribution >= 0.6 is 0 Å². The number of methoxy groups -OCH3 is 1. The lowest BCUT2D eigenvalue weighted by Crippen LogP contribution is -2.05. The van der Waals surface area contributed by atoms with Gasteiger partial charge < -0.3 is 4.74 Å². The van der Waals surface area contributed by atoms with Gasteiger partial charge in [-0.3, -0.25) is 4.98 Å². The first-order valence-corrected chi connectivity index (χ1v) is 7.15. The van der Waals surface area contributed by atoms with Gasteiger partial charge in [-0.25, -0.2) is 0 Å². The predicted octanol–water partition coefficient (Wildman–Crippen LogP) is 4.14. The number of hydrogen-bond acceptors (Lipinski definition) is 2. The van der Waals surface area contributed by atoms with Crippen LogP contribution in [0.5, 0.6) is 5.75 Å². The molecule has 20 heavy (non-hydrogen) atoms. The Hall–Kier alpha value is -2.09. The van der Waals surface area contributed by atoms with Crippen molar-refractivity contribution < 1.29 is 4.74 Å². The Bertz CT molecular complexity index is 631. The summed E-state index contributed by atoms with van der Waals surface area (Å²) < 4.78 is 5.25. The highest BCUT2D eigenvalue weighted by molar-refractivity contribution is 5.71. The number of pyridine rings is 1. The minimum atomic E-state index is 0.889. The maximum atomic E-state index is 5.25. The standard InChI is InChI=1S/C18H19NO/c1-20-17-7-4-5-14(11-17)9-10-16-13-19-12-15-6-2-3-8-18(15)16/h4-5,7,9-13H,2-3,6,8H2,1H3/b10-9+. The molecule has 2 nitrogen and oxygen atoms in total. The Balaban J connectivity index is 1.88. The Kier molecular flexibility index (Phi) is 3.82. The van der Waals surface area contributed by atoms with Crippen LogP contribution in [0.2, 0.25) is 0 Å². The van der Waals surface area contributed by atoms with Crippen LogP contribution in [-0.2, 0) is 12.8 Å². The van der Waals surface area contributed by atoms with Gasteiger partial charge in [0.2, 0.25) is 0 Å². The Morgan fingerprint density at radius 3 is 2.90 bits per heavy atom. The van der Waals surface area contributed by atoms with Crippen LogP contribution in [0.25, 0.3) is 12.2 Å². The fourth-order valence-electron chi connectivity index (χ4n) is 2.76. The molecule has 1 heterocycles. The molecule has 2 aromatic rings. The lowest BCUT2D eigenvalue weighted by molar-refractivity contribution is 0.414. The average molecular weight is 265 g/mol. The highest BCUT2D eigenvalue weighted by Gasteiger charge is 2.11. The van der Waals surface area contributed by atoms with Gasteiger partial charge in [-0.1, -0.05) is 24.3 Å². The third-order valence-corrected chi connectivity index (χ3v) is 3.85. The van der Waals surface area contributed by atoms with Crippen LogP contribution in [-0.4, -0.2) is 12.1 Å². The molecule has 0 saturated heterocycles. The zero-order valence-corrected chi connectivity index (χ0v) is 11.8. The fourth-order valence-corrected chi connectivity index (χ4v) is 2.76. The minimum absolute atomic E-state index is 0.889. The Morgan fingerprint density at radius 2 is 2.00 bits per heavy atom. The highest BCUT2D eigenvalue weighted by Crippen LogP contribution is 2.25. The smallest absolute Gasteiger partial charge is 0.119 e. The molecule has 0 fully saturated rings. The Morgan fingerprint density at radius 1 is 1.10 bits per heavy atom. The number of benzene rings is 1. The summed E-state index contributed by atoms with van der Waals surface area (Å²) in [6.45, 7) is 0. The van der Waals surface area contributed by atoms with E-state index in [1.807, 2.05) is 30.6 Å². The van der Waals surface area contributed by atoms with Crippen LogP contribution in [0.4, 0.5) is 0 Å². The van der Waals surface area contributed by atoms with Crippen LogP contribution in [0.3, 0.4) is 0 Å². The molecular formula is C18H19NO. The molecule has 1 aliphatic rings. The van der Waals surface area contributed by atoms with E-state index in [9.17, 15) is 0 Å². The first-order chi connectivity index (χ1) is 9.86. The van der Waals surface area contributed by atoms with E-state index in [4.69, 9.17) is 4.74 Å². The molecule has 0 spiro atoms. The van der Waals surface area contributed by atoms with Crippen molar-refractivity contribution in [2.45, 2.75) is 25.7 Å². The van der Waals surface area contributed by atoms with Crippen LogP contribution in [0.1, 0.15) is 35.1 Å². The van der Waals surface area contributed by atoms with Crippen molar-refractivity contribution in [3.8, 4) is 5.75 Å². The summed E-state index contributed by atoms with van der Waals surface area (Å²) in [6.07, 6.45) is 13.2. The van der Waals surface area contributed by atoms with Gasteiger partial charge in [-0.2, -0.15) is 0 Å². The van der Waals surface area contributed by atoms with E-state index in [2.05, 4.69) is 23.2 Å². The predicted molar refractivity (Wildman–Crippen MR) is 82.8 cm³/mol. The molecule has 1 aliphatic carbocycles. The van der Waals surface area contributed by atoms with Crippen molar-refractivity contribution in [1.29, 1.82) is 0 Å². The van der Waals surface area contributed by atoms with Crippen molar-refractivity contribution in [1.82, 2.24) is 4.98 Å². The van der Waals surface area contributed by atoms with Crippen molar-refractivity contribution >= 4 is 12.2 Å². The quantitative estimate of drug-likeness (QED) is 0.832. The van der Waals surface area contributed by atoms with Crippen molar-refractivity contribution in [3.63, 3.8) is 0 Å². The molecule has 0 radical (unpaired) electrons. The molecule has 0 atom stereocenters. The maximum Gasteiger partial charge on any atom is 0.119 e. The summed E-state index contributed by atoms with van der Waals surface area (Å²) in [5.41, 5.74) is 5.30. The lowest BCUT2D eigenvalue weighted by Gasteiger charge is -2.16. The second-order valence-corrected chi connectivity index (χ2v) is 5.18. The monoisotopic (exact) mass is 265 g/mol. The van der Waals surface area contributed by atoms with Gasteiger partial charge in [-0.05, 0) is 60.1 Å². The zero-order valence-electron chi connectivity index (χ0n) is 11.8. The number of rotatable bonds is 3. The normalized spacial score (nSPS) is 14.2. The summed E-state index contributed by atoms with van der Waals surface area (Å²) in [5.74, 6) is 0.889. The van der Waals surface area contributed by atoms with Gasteiger partial charge in [0.15, 0.2) is 0 Å². The van der Waals surface area contributed by atoms with Crippen molar-refractivity contribution in [2.24, 2.45) is 0 Å². The van der Waals surface area contributed by atoms with E-state index in [1.165, 1.54) is 42.4 Å². The van der Waals surface area contributed by atoms with E-state index in [0.717, 1.165) is 11.3 Å². The second-order valence-electron chi connectivity index (χ2n) is 5.18. The lowest BCUT2D eigenvalue weighted by atomic mass is 9.90. The Labute approximate surface area is 120 Å². The van der Waals surface area contributed by atoms with Gasteiger partial charge in [0.1, 0.15) is 5.75 Å². The van der Waals surface area contributed by atoms with E-state index >= 15 is 0 Å². The average Bonchev–Trinajstić information content (AvgIpc) is 2.53. The van der Waals surface area contributed by atoms with Gasteiger partial charge in [0.05, 0.1) is 7.11 Å². The van der Waals surface area contributed by atoms with Crippen LogP contribution < -0.4 is 4.74 Å². The largest absolute Gasteiger partial charge is 0.497 e. The topological polar surface area (TPSA) is 22.1 Å². The summed E-state index contributed by atoms with van der Waals surface area (Å²) in [4.78, 5) is 4.37. The van der Waals surface area contributed by atoms with E-state index < -0.39 is 0 Å². The summed E-state index contributed by atoms with van der Waals surface area (Å²) >= 11 is 0. The molecule has 0 bridgehead atoms. The van der Waals surface area contributed by atoms with E-state index in [1.54, 1.807) is 7.11 Å². The fraction of sp³-hybridized carbons (Fsp3) is 0.278. The first kappa shape index (κ1) is 12.9. The van der Waals surface area contributed by atoms with Crippen molar-refractivity contribution in [3.05, 3.63) is 58.9 Å². The molecule has 1 aromatic carbocycles. The number of aromatic nitrogens is 1. The third kappa shape index (κ3) is 2.74. The third-order valence-electron chi connectivity index (χ3n) is 3.85. The van der Waals surface area contributed by atoms with Gasteiger partial charge in [0, 0.05) is 12.4 Å². The van der Waals surface area contributed by atoms with Gasteiger partial charge >= 0.3 is 0 Å². The van der Waals surface area contributed by atoms with Gasteiger partial charge in [-0.15, -0.1) is 0 Å². The number of fused-ring (bicyclic) bond motifs is 1. The molecular weight excluding hydrogens is 246 g/mol. The number of ether oxygens (including phenoxy) is 1. The zero-order chi connectivity index (χ0) is 13.8. The second kappa shape index (κ2) is 5.91. The molecule has 1 aromatic heterocycles. The van der Waals surface area contributed by atoms with Gasteiger partial charge in [0.25, 0.3) is 0 Å². The molecule has 0 unspecified atom stereocenters. The van der Waals surface area contributed by atoms with E-state index in [-0.39, 0.29) is 0 Å². The molecule has 0 saturated carbocycles. The highest BCUT2D eigenvalue weighted by atomic mass is 16.5. The molecule has 3 rings (SSSR count). The van der Waals surface area contributed by atoms with E-state index in [0.29, 0.717) is 0 Å². The molecule has 102 valence electrons. The summed E-state index contributed by atoms with van der Waals surface area (Å²) in [7, 11) is 1.69. The SMILES string of the molecule is COc1cccc(/C=C/c2cncc3c2CCCC3)c1.